The van der Waals surface area contributed by atoms with E-state index in [4.69, 9.17) is 14.1 Å². The molecule has 3 heterocycles. The maximum atomic E-state index is 8.95. The minimum Gasteiger partial charge on any atom is -0.461 e. The van der Waals surface area contributed by atoms with Crippen molar-refractivity contribution < 1.29 is 8.83 Å². The number of nitriles is 1. The number of hydrogen-bond acceptors (Lipinski definition) is 8. The van der Waals surface area contributed by atoms with E-state index in [1.54, 1.807) is 36.6 Å². The molecule has 9 heteroatoms. The van der Waals surface area contributed by atoms with Crippen LogP contribution in [0.3, 0.4) is 0 Å². The molecule has 0 aliphatic rings. The zero-order valence-electron chi connectivity index (χ0n) is 12.7. The van der Waals surface area contributed by atoms with E-state index in [2.05, 4.69) is 31.4 Å². The number of thioether (sulfide) groups is 1. The maximum absolute atomic E-state index is 8.95. The van der Waals surface area contributed by atoms with Gasteiger partial charge < -0.3 is 8.83 Å². The average Bonchev–Trinajstić information content (AvgIpc) is 3.41. The third-order valence-electron chi connectivity index (χ3n) is 3.25. The van der Waals surface area contributed by atoms with Crippen molar-refractivity contribution in [3.05, 3.63) is 54.1 Å². The Bertz CT molecular complexity index is 1030. The molecule has 0 radical (unpaired) electrons. The van der Waals surface area contributed by atoms with Gasteiger partial charge in [0.1, 0.15) is 0 Å². The summed E-state index contributed by atoms with van der Waals surface area (Å²) in [5.41, 5.74) is 1.25. The molecule has 0 amide bonds. The van der Waals surface area contributed by atoms with Crippen LogP contribution in [0.5, 0.6) is 0 Å². The van der Waals surface area contributed by atoms with Gasteiger partial charge in [-0.3, -0.25) is 5.10 Å². The van der Waals surface area contributed by atoms with E-state index in [1.165, 1.54) is 11.8 Å². The lowest BCUT2D eigenvalue weighted by Crippen LogP contribution is -1.82. The summed E-state index contributed by atoms with van der Waals surface area (Å²) in [6, 6.07) is 12.7. The van der Waals surface area contributed by atoms with Gasteiger partial charge >= 0.3 is 0 Å². The zero-order chi connectivity index (χ0) is 17.1. The second-order valence-electron chi connectivity index (χ2n) is 4.93. The SMILES string of the molecule is N#Cc1cccc(-c2nnc(CSc3n[nH]c(-c4ccco4)n3)o2)c1. The standard InChI is InChI=1S/C16H10N6O2S/c17-8-10-3-1-4-11(7-10)15-21-19-13(24-15)9-25-16-18-14(20-22-16)12-5-2-6-23-12/h1-7H,9H2,(H,18,20,22). The first kappa shape index (κ1) is 15.2. The second kappa shape index (κ2) is 6.62. The largest absolute Gasteiger partial charge is 0.461 e. The number of aromatic nitrogens is 5. The minimum atomic E-state index is 0.374. The molecule has 122 valence electrons. The Kier molecular flexibility index (Phi) is 4.02. The quantitative estimate of drug-likeness (QED) is 0.545. The van der Waals surface area contributed by atoms with Crippen LogP contribution in [-0.2, 0) is 5.75 Å². The lowest BCUT2D eigenvalue weighted by molar-refractivity contribution is 0.528. The third kappa shape index (κ3) is 3.29. The molecule has 4 rings (SSSR count). The summed E-state index contributed by atoms with van der Waals surface area (Å²) < 4.78 is 10.9. The highest BCUT2D eigenvalue weighted by atomic mass is 32.2. The average molecular weight is 350 g/mol. The molecule has 1 aromatic carbocycles. The Morgan fingerprint density at radius 2 is 2.16 bits per heavy atom. The molecule has 0 saturated carbocycles. The number of aromatic amines is 1. The molecule has 0 atom stereocenters. The van der Waals surface area contributed by atoms with E-state index < -0.39 is 0 Å². The summed E-state index contributed by atoms with van der Waals surface area (Å²) in [4.78, 5) is 4.33. The number of rotatable bonds is 5. The van der Waals surface area contributed by atoms with Crippen LogP contribution in [0.1, 0.15) is 11.5 Å². The van der Waals surface area contributed by atoms with Crippen molar-refractivity contribution in [2.75, 3.05) is 0 Å². The summed E-state index contributed by atoms with van der Waals surface area (Å²) in [6.07, 6.45) is 1.58. The van der Waals surface area contributed by atoms with Crippen LogP contribution in [0.2, 0.25) is 0 Å². The zero-order valence-corrected chi connectivity index (χ0v) is 13.5. The van der Waals surface area contributed by atoms with Crippen LogP contribution in [0.25, 0.3) is 23.0 Å². The van der Waals surface area contributed by atoms with Crippen LogP contribution in [0.15, 0.2) is 56.7 Å². The molecule has 3 aromatic heterocycles. The number of furan rings is 1. The number of hydrogen-bond donors (Lipinski definition) is 1. The molecule has 0 unspecified atom stereocenters. The highest BCUT2D eigenvalue weighted by molar-refractivity contribution is 7.98. The fraction of sp³-hybridized carbons (Fsp3) is 0.0625. The van der Waals surface area contributed by atoms with Crippen molar-refractivity contribution in [1.29, 1.82) is 5.26 Å². The van der Waals surface area contributed by atoms with Crippen molar-refractivity contribution in [2.24, 2.45) is 0 Å². The van der Waals surface area contributed by atoms with Gasteiger partial charge in [0.25, 0.3) is 0 Å². The molecular weight excluding hydrogens is 340 g/mol. The van der Waals surface area contributed by atoms with Crippen molar-refractivity contribution in [1.82, 2.24) is 25.4 Å². The normalized spacial score (nSPS) is 10.7. The Morgan fingerprint density at radius 1 is 1.20 bits per heavy atom. The molecule has 0 saturated heterocycles. The predicted molar refractivity (Wildman–Crippen MR) is 88.1 cm³/mol. The summed E-state index contributed by atoms with van der Waals surface area (Å²) >= 11 is 1.36. The van der Waals surface area contributed by atoms with Gasteiger partial charge in [0.2, 0.25) is 16.9 Å². The molecule has 0 aliphatic carbocycles. The molecule has 25 heavy (non-hydrogen) atoms. The second-order valence-corrected chi connectivity index (χ2v) is 5.87. The molecule has 4 aromatic rings. The van der Waals surface area contributed by atoms with E-state index >= 15 is 0 Å². The number of benzene rings is 1. The van der Waals surface area contributed by atoms with Gasteiger partial charge in [-0.1, -0.05) is 17.8 Å². The first-order valence-electron chi connectivity index (χ1n) is 7.24. The molecular formula is C16H10N6O2S. The van der Waals surface area contributed by atoms with Crippen LogP contribution in [0.4, 0.5) is 0 Å². The first-order chi connectivity index (χ1) is 12.3. The van der Waals surface area contributed by atoms with Gasteiger partial charge in [-0.05, 0) is 30.3 Å². The Morgan fingerprint density at radius 3 is 3.00 bits per heavy atom. The monoisotopic (exact) mass is 350 g/mol. The molecule has 0 fully saturated rings. The van der Waals surface area contributed by atoms with Gasteiger partial charge in [0, 0.05) is 5.56 Å². The van der Waals surface area contributed by atoms with Crippen molar-refractivity contribution in [3.8, 4) is 29.1 Å². The van der Waals surface area contributed by atoms with Crippen molar-refractivity contribution in [3.63, 3.8) is 0 Å². The van der Waals surface area contributed by atoms with Crippen molar-refractivity contribution in [2.45, 2.75) is 10.9 Å². The van der Waals surface area contributed by atoms with Crippen LogP contribution in [-0.4, -0.2) is 25.4 Å². The molecule has 1 N–H and O–H groups in total. The molecule has 0 spiro atoms. The van der Waals surface area contributed by atoms with E-state index in [0.717, 1.165) is 0 Å². The Labute approximate surface area is 145 Å². The van der Waals surface area contributed by atoms with Crippen LogP contribution < -0.4 is 0 Å². The minimum absolute atomic E-state index is 0.374. The molecule has 0 aliphatic heterocycles. The van der Waals surface area contributed by atoms with E-state index in [9.17, 15) is 0 Å². The summed E-state index contributed by atoms with van der Waals surface area (Å²) in [7, 11) is 0. The molecule has 8 nitrogen and oxygen atoms in total. The number of H-pyrrole nitrogens is 1. The summed E-state index contributed by atoms with van der Waals surface area (Å²) in [5.74, 6) is 2.44. The lowest BCUT2D eigenvalue weighted by Gasteiger charge is -1.94. The van der Waals surface area contributed by atoms with E-state index in [-0.39, 0.29) is 0 Å². The summed E-state index contributed by atoms with van der Waals surface area (Å²) in [5, 5.41) is 24.5. The van der Waals surface area contributed by atoms with E-state index in [1.807, 2.05) is 6.07 Å². The fourth-order valence-electron chi connectivity index (χ4n) is 2.11. The number of nitrogens with one attached hydrogen (secondary N) is 1. The third-order valence-corrected chi connectivity index (χ3v) is 4.08. The van der Waals surface area contributed by atoms with Crippen LogP contribution in [0, 0.1) is 11.3 Å². The first-order valence-corrected chi connectivity index (χ1v) is 8.22. The Hall–Kier alpha value is -3.38. The van der Waals surface area contributed by atoms with Gasteiger partial charge in [-0.15, -0.1) is 15.3 Å². The highest BCUT2D eigenvalue weighted by Gasteiger charge is 2.12. The van der Waals surface area contributed by atoms with Gasteiger partial charge in [-0.2, -0.15) is 10.2 Å². The van der Waals surface area contributed by atoms with E-state index in [0.29, 0.717) is 45.4 Å². The smallest absolute Gasteiger partial charge is 0.247 e. The molecule has 0 bridgehead atoms. The van der Waals surface area contributed by atoms with Gasteiger partial charge in [0.15, 0.2) is 11.6 Å². The maximum Gasteiger partial charge on any atom is 0.247 e. The highest BCUT2D eigenvalue weighted by Crippen LogP contribution is 2.24. The number of nitrogens with zero attached hydrogens (tertiary/aromatic N) is 5. The Balaban J connectivity index is 1.44. The van der Waals surface area contributed by atoms with Gasteiger partial charge in [-0.25, -0.2) is 0 Å². The lowest BCUT2D eigenvalue weighted by atomic mass is 10.1. The van der Waals surface area contributed by atoms with Crippen LogP contribution >= 0.6 is 11.8 Å². The predicted octanol–water partition coefficient (Wildman–Crippen LogP) is 3.28. The van der Waals surface area contributed by atoms with Gasteiger partial charge in [0.05, 0.1) is 23.6 Å². The van der Waals surface area contributed by atoms with Crippen molar-refractivity contribution >= 4 is 11.8 Å². The summed E-state index contributed by atoms with van der Waals surface area (Å²) in [6.45, 7) is 0. The topological polar surface area (TPSA) is 117 Å². The fourth-order valence-corrected chi connectivity index (χ4v) is 2.75.